The van der Waals surface area contributed by atoms with E-state index in [4.69, 9.17) is 14.0 Å². The van der Waals surface area contributed by atoms with Crippen molar-refractivity contribution in [2.24, 2.45) is 0 Å². The first-order valence-electron chi connectivity index (χ1n) is 9.59. The second-order valence-corrected chi connectivity index (χ2v) is 8.51. The van der Waals surface area contributed by atoms with E-state index in [2.05, 4.69) is 16.6 Å². The smallest absolute Gasteiger partial charge is 0.471 e. The van der Waals surface area contributed by atoms with Crippen molar-refractivity contribution in [2.45, 2.75) is 32.2 Å². The van der Waals surface area contributed by atoms with Crippen LogP contribution in [0.4, 0.5) is 13.2 Å². The molecular weight excluding hydrogens is 465 g/mol. The number of carbonyl (C=O) groups excluding carboxylic acids is 1. The number of hydrogen-bond acceptors (Lipinski definition) is 6. The number of hydrogen-bond donors (Lipinski definition) is 1. The fourth-order valence-electron chi connectivity index (χ4n) is 2.40. The van der Waals surface area contributed by atoms with Crippen LogP contribution >= 0.6 is 0 Å². The zero-order chi connectivity index (χ0) is 24.7. The van der Waals surface area contributed by atoms with Crippen molar-refractivity contribution in [3.8, 4) is 23.3 Å². The van der Waals surface area contributed by atoms with Crippen LogP contribution in [-0.4, -0.2) is 43.3 Å². The normalized spacial score (nSPS) is 13.3. The van der Waals surface area contributed by atoms with E-state index < -0.39 is 51.9 Å². The summed E-state index contributed by atoms with van der Waals surface area (Å²) in [5.41, 5.74) is -0.791. The first-order valence-corrected chi connectivity index (χ1v) is 11.2. The van der Waals surface area contributed by atoms with Gasteiger partial charge in [0.1, 0.15) is 12.4 Å². The number of esters is 1. The van der Waals surface area contributed by atoms with Gasteiger partial charge in [0, 0.05) is 5.56 Å². The molecule has 0 aliphatic rings. The van der Waals surface area contributed by atoms with Crippen molar-refractivity contribution in [3.05, 3.63) is 59.7 Å². The van der Waals surface area contributed by atoms with Crippen LogP contribution in [0.3, 0.4) is 0 Å². The maximum atomic E-state index is 12.9. The van der Waals surface area contributed by atoms with Crippen molar-refractivity contribution in [3.63, 3.8) is 0 Å². The Hall–Kier alpha value is -3.23. The van der Waals surface area contributed by atoms with E-state index in [1.54, 1.807) is 38.1 Å². The summed E-state index contributed by atoms with van der Waals surface area (Å²) in [4.78, 5) is 12.2. The number of carbonyl (C=O) groups is 1. The molecular formula is C22H21F3O7S. The second-order valence-electron chi connectivity index (χ2n) is 6.93. The van der Waals surface area contributed by atoms with Gasteiger partial charge in [0.15, 0.2) is 17.1 Å². The molecule has 0 saturated carbocycles. The summed E-state index contributed by atoms with van der Waals surface area (Å²) < 4.78 is 83.3. The van der Waals surface area contributed by atoms with E-state index >= 15 is 0 Å². The van der Waals surface area contributed by atoms with E-state index in [0.717, 1.165) is 18.2 Å². The van der Waals surface area contributed by atoms with Crippen molar-refractivity contribution in [1.29, 1.82) is 0 Å². The van der Waals surface area contributed by atoms with Crippen LogP contribution in [0.2, 0.25) is 0 Å². The molecule has 1 atom stereocenters. The average Bonchev–Trinajstić information content (AvgIpc) is 2.72. The molecule has 178 valence electrons. The highest BCUT2D eigenvalue weighted by molar-refractivity contribution is 7.85. The maximum Gasteiger partial charge on any atom is 0.573 e. The molecule has 0 radical (unpaired) electrons. The van der Waals surface area contributed by atoms with Crippen LogP contribution in [0, 0.1) is 11.8 Å². The highest BCUT2D eigenvalue weighted by Crippen LogP contribution is 2.36. The third kappa shape index (κ3) is 9.03. The zero-order valence-electron chi connectivity index (χ0n) is 17.7. The molecule has 2 aromatic rings. The molecule has 0 saturated heterocycles. The molecule has 33 heavy (non-hydrogen) atoms. The molecule has 0 aliphatic heterocycles. The van der Waals surface area contributed by atoms with E-state index in [0.29, 0.717) is 5.56 Å². The maximum absolute atomic E-state index is 12.9. The average molecular weight is 486 g/mol. The molecule has 1 unspecified atom stereocenters. The Kier molecular flexibility index (Phi) is 8.35. The van der Waals surface area contributed by atoms with Crippen molar-refractivity contribution >= 4 is 16.1 Å². The monoisotopic (exact) mass is 486 g/mol. The molecule has 0 amide bonds. The fraction of sp³-hybridized carbons (Fsp3) is 0.318. The van der Waals surface area contributed by atoms with Gasteiger partial charge >= 0.3 is 12.3 Å². The van der Waals surface area contributed by atoms with Gasteiger partial charge in [0.2, 0.25) is 0 Å². The van der Waals surface area contributed by atoms with Gasteiger partial charge in [-0.1, -0.05) is 37.0 Å². The SMILES string of the molecule is CCC(C)(C#Cc1ccccc1)Oc1cc(C(=O)OCCS(=O)(=O)O)ccc1OC(F)(F)F. The molecule has 0 bridgehead atoms. The molecule has 0 heterocycles. The minimum atomic E-state index is -5.02. The first-order chi connectivity index (χ1) is 15.3. The van der Waals surface area contributed by atoms with Crippen LogP contribution in [-0.2, 0) is 14.9 Å². The third-order valence-electron chi connectivity index (χ3n) is 4.23. The second kappa shape index (κ2) is 10.6. The van der Waals surface area contributed by atoms with Gasteiger partial charge in [0.05, 0.1) is 5.56 Å². The Bertz CT molecular complexity index is 1140. The molecule has 1 N–H and O–H groups in total. The number of ether oxygens (including phenoxy) is 3. The summed E-state index contributed by atoms with van der Waals surface area (Å²) in [7, 11) is -4.36. The number of benzene rings is 2. The summed E-state index contributed by atoms with van der Waals surface area (Å²) in [5.74, 6) is 2.80. The minimum Gasteiger partial charge on any atom is -0.471 e. The van der Waals surface area contributed by atoms with Crippen LogP contribution in [0.1, 0.15) is 36.2 Å². The summed E-state index contributed by atoms with van der Waals surface area (Å²) in [6, 6.07) is 11.7. The zero-order valence-corrected chi connectivity index (χ0v) is 18.5. The van der Waals surface area contributed by atoms with Crippen LogP contribution < -0.4 is 9.47 Å². The Morgan fingerprint density at radius 3 is 2.30 bits per heavy atom. The van der Waals surface area contributed by atoms with Crippen LogP contribution in [0.5, 0.6) is 11.5 Å². The molecule has 0 spiro atoms. The van der Waals surface area contributed by atoms with Gasteiger partial charge in [-0.05, 0) is 43.7 Å². The largest absolute Gasteiger partial charge is 0.573 e. The standard InChI is InChI=1S/C22H21F3O7S/c1-3-21(2,12-11-16-7-5-4-6-8-16)31-19-15-17(9-10-18(19)32-22(23,24)25)20(26)30-13-14-33(27,28)29/h4-10,15H,3,13-14H2,1-2H3,(H,27,28,29). The van der Waals surface area contributed by atoms with Crippen molar-refractivity contribution < 1.29 is 45.1 Å². The Balaban J connectivity index is 2.35. The summed E-state index contributed by atoms with van der Waals surface area (Å²) in [6.07, 6.45) is -4.74. The predicted molar refractivity (Wildman–Crippen MR) is 112 cm³/mol. The molecule has 2 aromatic carbocycles. The molecule has 7 nitrogen and oxygen atoms in total. The van der Waals surface area contributed by atoms with Gasteiger partial charge in [-0.15, -0.1) is 13.2 Å². The Labute approximate surface area is 189 Å². The number of halogens is 3. The lowest BCUT2D eigenvalue weighted by atomic mass is 10.0. The van der Waals surface area contributed by atoms with Gasteiger partial charge < -0.3 is 14.2 Å². The summed E-state index contributed by atoms with van der Waals surface area (Å²) >= 11 is 0. The molecule has 0 fully saturated rings. The van der Waals surface area contributed by atoms with E-state index in [1.165, 1.54) is 0 Å². The summed E-state index contributed by atoms with van der Waals surface area (Å²) in [5, 5.41) is 0. The topological polar surface area (TPSA) is 99.1 Å². The minimum absolute atomic E-state index is 0.218. The lowest BCUT2D eigenvalue weighted by molar-refractivity contribution is -0.275. The van der Waals surface area contributed by atoms with E-state index in [1.807, 2.05) is 6.07 Å². The van der Waals surface area contributed by atoms with Gasteiger partial charge in [-0.2, -0.15) is 8.42 Å². The Morgan fingerprint density at radius 1 is 1.06 bits per heavy atom. The van der Waals surface area contributed by atoms with Crippen LogP contribution in [0.15, 0.2) is 48.5 Å². The van der Waals surface area contributed by atoms with Crippen LogP contribution in [0.25, 0.3) is 0 Å². The van der Waals surface area contributed by atoms with Gasteiger partial charge in [0.25, 0.3) is 10.1 Å². The Morgan fingerprint density at radius 2 is 1.73 bits per heavy atom. The summed E-state index contributed by atoms with van der Waals surface area (Å²) in [6.45, 7) is 2.64. The number of alkyl halides is 3. The van der Waals surface area contributed by atoms with E-state index in [-0.39, 0.29) is 12.0 Å². The quantitative estimate of drug-likeness (QED) is 0.339. The molecule has 0 aliphatic carbocycles. The van der Waals surface area contributed by atoms with Crippen molar-refractivity contribution in [1.82, 2.24) is 0 Å². The highest BCUT2D eigenvalue weighted by atomic mass is 32.2. The molecule has 11 heteroatoms. The highest BCUT2D eigenvalue weighted by Gasteiger charge is 2.34. The fourth-order valence-corrected chi connectivity index (χ4v) is 2.70. The molecule has 0 aromatic heterocycles. The van der Waals surface area contributed by atoms with Crippen molar-refractivity contribution in [2.75, 3.05) is 12.4 Å². The van der Waals surface area contributed by atoms with Gasteiger partial charge in [-0.25, -0.2) is 4.79 Å². The lowest BCUT2D eigenvalue weighted by Gasteiger charge is -2.26. The lowest BCUT2D eigenvalue weighted by Crippen LogP contribution is -2.30. The number of rotatable bonds is 8. The van der Waals surface area contributed by atoms with Gasteiger partial charge in [-0.3, -0.25) is 4.55 Å². The van der Waals surface area contributed by atoms with E-state index in [9.17, 15) is 26.4 Å². The predicted octanol–water partition coefficient (Wildman–Crippen LogP) is 4.23. The first kappa shape index (κ1) is 26.0. The molecule has 2 rings (SSSR count). The third-order valence-corrected chi connectivity index (χ3v) is 4.92.